The van der Waals surface area contributed by atoms with Crippen LogP contribution in [-0.2, 0) is 0 Å². The summed E-state index contributed by atoms with van der Waals surface area (Å²) in [4.78, 5) is 2.09. The predicted octanol–water partition coefficient (Wildman–Crippen LogP) is 5.41. The summed E-state index contributed by atoms with van der Waals surface area (Å²) in [6, 6.07) is 22.6. The molecule has 156 valence electrons. The average Bonchev–Trinajstić information content (AvgIpc) is 2.74. The normalized spacial score (nSPS) is 10.8. The summed E-state index contributed by atoms with van der Waals surface area (Å²) < 4.78 is 5.94. The second-order valence-electron chi connectivity index (χ2n) is 7.48. The largest absolute Gasteiger partial charge is 0.508 e. The van der Waals surface area contributed by atoms with Crippen LogP contribution in [0.3, 0.4) is 0 Å². The lowest BCUT2D eigenvalue weighted by Gasteiger charge is -2.17. The summed E-state index contributed by atoms with van der Waals surface area (Å²) in [5.74, 6) is 1.31. The van der Waals surface area contributed by atoms with Crippen molar-refractivity contribution in [2.75, 3.05) is 27.2 Å². The lowest BCUT2D eigenvalue weighted by molar-refractivity contribution is 0.261. The minimum absolute atomic E-state index is 0.234. The molecular weight excluding hydrogens is 374 g/mol. The highest BCUT2D eigenvalue weighted by atomic mass is 16.5. The maximum Gasteiger partial charge on any atom is 0.119 e. The van der Waals surface area contributed by atoms with E-state index in [1.54, 1.807) is 24.3 Å². The first-order chi connectivity index (χ1) is 14.5. The highest BCUT2D eigenvalue weighted by Crippen LogP contribution is 2.36. The Morgan fingerprint density at radius 3 is 1.87 bits per heavy atom. The van der Waals surface area contributed by atoms with Crippen LogP contribution >= 0.6 is 0 Å². The molecule has 0 aliphatic heterocycles. The van der Waals surface area contributed by atoms with Crippen molar-refractivity contribution in [3.8, 4) is 17.2 Å². The Kier molecular flexibility index (Phi) is 7.15. The minimum atomic E-state index is 0.234. The molecule has 0 spiro atoms. The van der Waals surface area contributed by atoms with Crippen LogP contribution in [0.4, 0.5) is 0 Å². The van der Waals surface area contributed by atoms with Gasteiger partial charge in [-0.3, -0.25) is 0 Å². The van der Waals surface area contributed by atoms with Gasteiger partial charge < -0.3 is 19.8 Å². The number of nitrogens with zero attached hydrogens (tertiary/aromatic N) is 1. The summed E-state index contributed by atoms with van der Waals surface area (Å²) in [7, 11) is 4.05. The number of phenolic OH excluding ortho intramolecular Hbond substituents is 2. The van der Waals surface area contributed by atoms with Crippen LogP contribution in [0.15, 0.2) is 72.8 Å². The molecule has 3 aromatic carbocycles. The standard InChI is InChI=1S/C26H29NO3/c1-4-25(21-6-5-7-24(18-21)30-17-16-27(2)3)26(19-8-12-22(28)13-9-19)20-10-14-23(29)15-11-20/h5-15,18,28-29H,4,16-17H2,1-3H3. The van der Waals surface area contributed by atoms with Gasteiger partial charge in [-0.2, -0.15) is 0 Å². The molecule has 0 saturated carbocycles. The van der Waals surface area contributed by atoms with Crippen LogP contribution in [-0.4, -0.2) is 42.4 Å². The zero-order valence-corrected chi connectivity index (χ0v) is 17.8. The van der Waals surface area contributed by atoms with Crippen molar-refractivity contribution in [3.05, 3.63) is 89.5 Å². The van der Waals surface area contributed by atoms with Crippen molar-refractivity contribution in [1.29, 1.82) is 0 Å². The predicted molar refractivity (Wildman–Crippen MR) is 123 cm³/mol. The fraction of sp³-hybridized carbons (Fsp3) is 0.231. The van der Waals surface area contributed by atoms with Gasteiger partial charge in [-0.05, 0) is 84.8 Å². The maximum atomic E-state index is 9.75. The van der Waals surface area contributed by atoms with E-state index in [1.807, 2.05) is 50.5 Å². The minimum Gasteiger partial charge on any atom is -0.508 e. The summed E-state index contributed by atoms with van der Waals surface area (Å²) in [5, 5.41) is 19.5. The Balaban J connectivity index is 2.09. The van der Waals surface area contributed by atoms with Crippen molar-refractivity contribution >= 4 is 11.1 Å². The molecule has 30 heavy (non-hydrogen) atoms. The van der Waals surface area contributed by atoms with Crippen LogP contribution in [0.1, 0.15) is 30.0 Å². The molecule has 0 bridgehead atoms. The van der Waals surface area contributed by atoms with E-state index in [4.69, 9.17) is 4.74 Å². The Morgan fingerprint density at radius 2 is 1.37 bits per heavy atom. The Hall–Kier alpha value is -3.24. The fourth-order valence-corrected chi connectivity index (χ4v) is 3.42. The molecule has 0 amide bonds. The maximum absolute atomic E-state index is 9.75. The van der Waals surface area contributed by atoms with Gasteiger partial charge in [0.15, 0.2) is 0 Å². The molecule has 0 atom stereocenters. The number of phenols is 2. The van der Waals surface area contributed by atoms with Gasteiger partial charge in [-0.15, -0.1) is 0 Å². The zero-order chi connectivity index (χ0) is 21.5. The molecule has 0 aliphatic carbocycles. The van der Waals surface area contributed by atoms with E-state index in [2.05, 4.69) is 24.0 Å². The number of hydrogen-bond donors (Lipinski definition) is 2. The van der Waals surface area contributed by atoms with E-state index in [1.165, 1.54) is 5.57 Å². The summed E-state index contributed by atoms with van der Waals surface area (Å²) in [6.07, 6.45) is 0.818. The van der Waals surface area contributed by atoms with Crippen LogP contribution in [0.5, 0.6) is 17.2 Å². The van der Waals surface area contributed by atoms with Gasteiger partial charge in [0.25, 0.3) is 0 Å². The van der Waals surface area contributed by atoms with Gasteiger partial charge in [0, 0.05) is 6.54 Å². The number of rotatable bonds is 8. The molecule has 3 aromatic rings. The second-order valence-corrected chi connectivity index (χ2v) is 7.48. The van der Waals surface area contributed by atoms with Crippen molar-refractivity contribution < 1.29 is 14.9 Å². The molecule has 4 nitrogen and oxygen atoms in total. The van der Waals surface area contributed by atoms with Crippen LogP contribution < -0.4 is 4.74 Å². The Bertz CT molecular complexity index is 942. The number of ether oxygens (including phenoxy) is 1. The number of hydrogen-bond acceptors (Lipinski definition) is 4. The van der Waals surface area contributed by atoms with Crippen molar-refractivity contribution in [3.63, 3.8) is 0 Å². The highest BCUT2D eigenvalue weighted by molar-refractivity contribution is 5.98. The molecule has 0 heterocycles. The SMILES string of the molecule is CCC(=C(c1ccc(O)cc1)c1ccc(O)cc1)c1cccc(OCCN(C)C)c1. The average molecular weight is 404 g/mol. The molecule has 0 aliphatic rings. The smallest absolute Gasteiger partial charge is 0.119 e. The first-order valence-corrected chi connectivity index (χ1v) is 10.2. The molecule has 3 rings (SSSR count). The van der Waals surface area contributed by atoms with Crippen LogP contribution in [0, 0.1) is 0 Å². The third-order valence-corrected chi connectivity index (χ3v) is 4.96. The van der Waals surface area contributed by atoms with Gasteiger partial charge in [0.05, 0.1) is 0 Å². The van der Waals surface area contributed by atoms with Crippen LogP contribution in [0.2, 0.25) is 0 Å². The fourth-order valence-electron chi connectivity index (χ4n) is 3.42. The Morgan fingerprint density at radius 1 is 0.800 bits per heavy atom. The first-order valence-electron chi connectivity index (χ1n) is 10.2. The van der Waals surface area contributed by atoms with Gasteiger partial charge >= 0.3 is 0 Å². The third kappa shape index (κ3) is 5.43. The number of likely N-dealkylation sites (N-methyl/N-ethyl adjacent to an activating group) is 1. The molecular formula is C26H29NO3. The topological polar surface area (TPSA) is 52.9 Å². The van der Waals surface area contributed by atoms with E-state index in [-0.39, 0.29) is 11.5 Å². The number of aromatic hydroxyl groups is 2. The lowest BCUT2D eigenvalue weighted by atomic mass is 9.88. The number of allylic oxidation sites excluding steroid dienone is 1. The summed E-state index contributed by atoms with van der Waals surface area (Å²) in [6.45, 7) is 3.62. The van der Waals surface area contributed by atoms with Crippen LogP contribution in [0.25, 0.3) is 11.1 Å². The van der Waals surface area contributed by atoms with E-state index in [0.717, 1.165) is 41.0 Å². The molecule has 0 aromatic heterocycles. The molecule has 4 heteroatoms. The quantitative estimate of drug-likeness (QED) is 0.494. The van der Waals surface area contributed by atoms with E-state index in [0.29, 0.717) is 6.61 Å². The zero-order valence-electron chi connectivity index (χ0n) is 17.8. The molecule has 0 saturated heterocycles. The highest BCUT2D eigenvalue weighted by Gasteiger charge is 2.14. The van der Waals surface area contributed by atoms with E-state index >= 15 is 0 Å². The van der Waals surface area contributed by atoms with Gasteiger partial charge in [-0.1, -0.05) is 43.3 Å². The summed E-state index contributed by atoms with van der Waals surface area (Å²) in [5.41, 5.74) is 5.35. The van der Waals surface area contributed by atoms with Gasteiger partial charge in [0.1, 0.15) is 23.9 Å². The van der Waals surface area contributed by atoms with E-state index in [9.17, 15) is 10.2 Å². The first kappa shape index (κ1) is 21.5. The van der Waals surface area contributed by atoms with Gasteiger partial charge in [0.2, 0.25) is 0 Å². The second kappa shape index (κ2) is 9.99. The Labute approximate surface area is 178 Å². The lowest BCUT2D eigenvalue weighted by Crippen LogP contribution is -2.19. The molecule has 0 unspecified atom stereocenters. The summed E-state index contributed by atoms with van der Waals surface area (Å²) >= 11 is 0. The van der Waals surface area contributed by atoms with Crippen molar-refractivity contribution in [2.45, 2.75) is 13.3 Å². The van der Waals surface area contributed by atoms with Gasteiger partial charge in [-0.25, -0.2) is 0 Å². The monoisotopic (exact) mass is 403 g/mol. The van der Waals surface area contributed by atoms with Crippen molar-refractivity contribution in [1.82, 2.24) is 4.90 Å². The third-order valence-electron chi connectivity index (χ3n) is 4.96. The van der Waals surface area contributed by atoms with Crippen molar-refractivity contribution in [2.24, 2.45) is 0 Å². The number of benzene rings is 3. The molecule has 0 radical (unpaired) electrons. The van der Waals surface area contributed by atoms with E-state index < -0.39 is 0 Å². The molecule has 0 fully saturated rings. The molecule has 2 N–H and O–H groups in total.